The zero-order chi connectivity index (χ0) is 13.1. The summed E-state index contributed by atoms with van der Waals surface area (Å²) in [5.41, 5.74) is 0. The molecule has 0 aromatic heterocycles. The van der Waals surface area contributed by atoms with Gasteiger partial charge in [0.15, 0.2) is 0 Å². The van der Waals surface area contributed by atoms with Crippen molar-refractivity contribution in [3.05, 3.63) is 0 Å². The Hall–Kier alpha value is -0.170. The topological polar surface area (TPSA) is 60.9 Å². The van der Waals surface area contributed by atoms with Crippen molar-refractivity contribution in [2.75, 3.05) is 32.5 Å². The molecule has 0 aromatic rings. The monoisotopic (exact) mass is 264 g/mol. The molecule has 1 heterocycles. The summed E-state index contributed by atoms with van der Waals surface area (Å²) in [7, 11) is -1.12. The maximum atomic E-state index is 12.1. The van der Waals surface area contributed by atoms with Crippen LogP contribution in [0.4, 0.5) is 0 Å². The second-order valence-corrected chi connectivity index (χ2v) is 7.02. The Kier molecular flexibility index (Phi) is 5.37. The summed E-state index contributed by atoms with van der Waals surface area (Å²) in [6.45, 7) is 5.30. The molecule has 1 fully saturated rings. The lowest BCUT2D eigenvalue weighted by molar-refractivity contribution is 0.105. The second kappa shape index (κ2) is 6.13. The number of hydrogen-bond donors (Lipinski definition) is 1. The van der Waals surface area contributed by atoms with Crippen LogP contribution >= 0.6 is 0 Å². The summed E-state index contributed by atoms with van der Waals surface area (Å²) in [6.07, 6.45) is 1.09. The number of piperazine rings is 1. The molecule has 0 aromatic carbocycles. The maximum absolute atomic E-state index is 12.1. The highest BCUT2D eigenvalue weighted by Crippen LogP contribution is 2.17. The van der Waals surface area contributed by atoms with Gasteiger partial charge in [0, 0.05) is 31.8 Å². The highest BCUT2D eigenvalue weighted by molar-refractivity contribution is 7.89. The van der Waals surface area contributed by atoms with Gasteiger partial charge in [-0.25, -0.2) is 8.42 Å². The van der Waals surface area contributed by atoms with E-state index in [2.05, 4.69) is 4.90 Å². The first kappa shape index (κ1) is 14.9. The first-order valence-corrected chi connectivity index (χ1v) is 7.80. The fraction of sp³-hybridized carbons (Fsp3) is 1.00. The van der Waals surface area contributed by atoms with E-state index in [0.29, 0.717) is 25.9 Å². The molecule has 0 amide bonds. The molecule has 2 atom stereocenters. The summed E-state index contributed by atoms with van der Waals surface area (Å²) in [5, 5.41) is 8.68. The molecule has 0 radical (unpaired) electrons. The summed E-state index contributed by atoms with van der Waals surface area (Å²) < 4.78 is 25.8. The van der Waals surface area contributed by atoms with Crippen molar-refractivity contribution >= 4 is 10.0 Å². The van der Waals surface area contributed by atoms with E-state index in [9.17, 15) is 8.42 Å². The van der Waals surface area contributed by atoms with E-state index in [1.807, 2.05) is 20.9 Å². The van der Waals surface area contributed by atoms with Gasteiger partial charge in [-0.2, -0.15) is 4.31 Å². The van der Waals surface area contributed by atoms with Gasteiger partial charge in [0.1, 0.15) is 0 Å². The van der Waals surface area contributed by atoms with Gasteiger partial charge in [-0.1, -0.05) is 0 Å². The molecule has 1 N–H and O–H groups in total. The minimum Gasteiger partial charge on any atom is -0.396 e. The Morgan fingerprint density at radius 3 is 2.18 bits per heavy atom. The molecule has 0 spiro atoms. The number of likely N-dealkylation sites (N-methyl/N-ethyl adjacent to an activating group) is 1. The predicted octanol–water partition coefficient (Wildman–Crippen LogP) is 0.113. The van der Waals surface area contributed by atoms with Gasteiger partial charge in [-0.15, -0.1) is 0 Å². The standard InChI is InChI=1S/C11H24N2O3S/c1-10-8-13(9-11(2)12(10)3)17(15,16)7-5-4-6-14/h10-11,14H,4-9H2,1-3H3. The Morgan fingerprint density at radius 2 is 1.71 bits per heavy atom. The highest BCUT2D eigenvalue weighted by atomic mass is 32.2. The van der Waals surface area contributed by atoms with E-state index in [4.69, 9.17) is 5.11 Å². The quantitative estimate of drug-likeness (QED) is 0.716. The van der Waals surface area contributed by atoms with Crippen LogP contribution in [0.1, 0.15) is 26.7 Å². The SMILES string of the molecule is CC1CN(S(=O)(=O)CCCCO)CC(C)N1C. The average molecular weight is 264 g/mol. The van der Waals surface area contributed by atoms with E-state index in [0.717, 1.165) is 0 Å². The molecule has 1 aliphatic rings. The Balaban J connectivity index is 2.60. The molecule has 2 unspecified atom stereocenters. The summed E-state index contributed by atoms with van der Waals surface area (Å²) in [6, 6.07) is 0.512. The molecule has 1 saturated heterocycles. The molecule has 5 nitrogen and oxygen atoms in total. The van der Waals surface area contributed by atoms with E-state index in [1.165, 1.54) is 0 Å². The zero-order valence-electron chi connectivity index (χ0n) is 11.0. The number of unbranched alkanes of at least 4 members (excludes halogenated alkanes) is 1. The van der Waals surface area contributed by atoms with Gasteiger partial charge in [0.25, 0.3) is 0 Å². The van der Waals surface area contributed by atoms with Crippen molar-refractivity contribution in [2.24, 2.45) is 0 Å². The predicted molar refractivity (Wildman–Crippen MR) is 68.4 cm³/mol. The van der Waals surface area contributed by atoms with Gasteiger partial charge in [0.2, 0.25) is 10.0 Å². The Bertz CT molecular complexity index is 320. The van der Waals surface area contributed by atoms with Gasteiger partial charge in [0.05, 0.1) is 5.75 Å². The normalized spacial score (nSPS) is 28.5. The van der Waals surface area contributed by atoms with Crippen LogP contribution in [-0.4, -0.2) is 67.3 Å². The summed E-state index contributed by atoms with van der Waals surface area (Å²) in [4.78, 5) is 2.21. The van der Waals surface area contributed by atoms with Crippen LogP contribution in [0.3, 0.4) is 0 Å². The van der Waals surface area contributed by atoms with Crippen LogP contribution < -0.4 is 0 Å². The third-order valence-corrected chi connectivity index (χ3v) is 5.42. The molecule has 1 rings (SSSR count). The molecular weight excluding hydrogens is 240 g/mol. The number of aliphatic hydroxyl groups excluding tert-OH is 1. The van der Waals surface area contributed by atoms with E-state index in [1.54, 1.807) is 4.31 Å². The number of rotatable bonds is 5. The van der Waals surface area contributed by atoms with E-state index in [-0.39, 0.29) is 24.4 Å². The largest absolute Gasteiger partial charge is 0.396 e. The average Bonchev–Trinajstić information content (AvgIpc) is 2.25. The smallest absolute Gasteiger partial charge is 0.214 e. The van der Waals surface area contributed by atoms with Crippen LogP contribution in [0.15, 0.2) is 0 Å². The van der Waals surface area contributed by atoms with Crippen LogP contribution in [0.2, 0.25) is 0 Å². The molecule has 17 heavy (non-hydrogen) atoms. The maximum Gasteiger partial charge on any atom is 0.214 e. The Labute approximate surface area is 104 Å². The third kappa shape index (κ3) is 3.91. The van der Waals surface area contributed by atoms with Gasteiger partial charge < -0.3 is 5.11 Å². The molecular formula is C11H24N2O3S. The van der Waals surface area contributed by atoms with E-state index >= 15 is 0 Å². The molecule has 102 valence electrons. The molecule has 1 aliphatic heterocycles. The molecule has 0 saturated carbocycles. The lowest BCUT2D eigenvalue weighted by atomic mass is 10.1. The molecule has 0 aliphatic carbocycles. The van der Waals surface area contributed by atoms with Crippen molar-refractivity contribution in [3.63, 3.8) is 0 Å². The summed E-state index contributed by atoms with van der Waals surface area (Å²) in [5.74, 6) is 0.150. The van der Waals surface area contributed by atoms with Gasteiger partial charge in [-0.3, -0.25) is 4.90 Å². The van der Waals surface area contributed by atoms with Crippen LogP contribution in [0, 0.1) is 0 Å². The Morgan fingerprint density at radius 1 is 1.18 bits per heavy atom. The minimum atomic E-state index is -3.15. The summed E-state index contributed by atoms with van der Waals surface area (Å²) >= 11 is 0. The number of nitrogens with zero attached hydrogens (tertiary/aromatic N) is 2. The first-order chi connectivity index (χ1) is 7.88. The zero-order valence-corrected chi connectivity index (χ0v) is 11.8. The van der Waals surface area contributed by atoms with Crippen LogP contribution in [0.5, 0.6) is 0 Å². The number of hydrogen-bond acceptors (Lipinski definition) is 4. The minimum absolute atomic E-state index is 0.0606. The highest BCUT2D eigenvalue weighted by Gasteiger charge is 2.32. The van der Waals surface area contributed by atoms with Crippen molar-refractivity contribution in [1.82, 2.24) is 9.21 Å². The van der Waals surface area contributed by atoms with Crippen molar-refractivity contribution in [3.8, 4) is 0 Å². The molecule has 0 bridgehead atoms. The van der Waals surface area contributed by atoms with Crippen molar-refractivity contribution < 1.29 is 13.5 Å². The first-order valence-electron chi connectivity index (χ1n) is 6.19. The second-order valence-electron chi connectivity index (χ2n) is 4.93. The fourth-order valence-corrected chi connectivity index (χ4v) is 3.82. The molecule has 6 heteroatoms. The number of aliphatic hydroxyl groups is 1. The van der Waals surface area contributed by atoms with Crippen LogP contribution in [0.25, 0.3) is 0 Å². The van der Waals surface area contributed by atoms with Gasteiger partial charge >= 0.3 is 0 Å². The third-order valence-electron chi connectivity index (χ3n) is 3.53. The fourth-order valence-electron chi connectivity index (χ4n) is 2.11. The number of sulfonamides is 1. The van der Waals surface area contributed by atoms with Crippen molar-refractivity contribution in [2.45, 2.75) is 38.8 Å². The van der Waals surface area contributed by atoms with Crippen LogP contribution in [-0.2, 0) is 10.0 Å². The van der Waals surface area contributed by atoms with Crippen molar-refractivity contribution in [1.29, 1.82) is 0 Å². The lowest BCUT2D eigenvalue weighted by Gasteiger charge is -2.41. The van der Waals surface area contributed by atoms with E-state index < -0.39 is 10.0 Å². The van der Waals surface area contributed by atoms with Gasteiger partial charge in [-0.05, 0) is 33.7 Å². The lowest BCUT2D eigenvalue weighted by Crippen LogP contribution is -2.56.